The Bertz CT molecular complexity index is 803. The minimum Gasteiger partial charge on any atom is -0.493 e. The second kappa shape index (κ2) is 8.84. The fourth-order valence-electron chi connectivity index (χ4n) is 2.29. The van der Waals surface area contributed by atoms with Crippen LogP contribution in [0.4, 0.5) is 8.78 Å². The molecule has 0 radical (unpaired) electrons. The Labute approximate surface area is 149 Å². The predicted molar refractivity (Wildman–Crippen MR) is 92.5 cm³/mol. The van der Waals surface area contributed by atoms with E-state index >= 15 is 0 Å². The zero-order valence-electron chi connectivity index (χ0n) is 14.5. The molecule has 0 amide bonds. The van der Waals surface area contributed by atoms with Crippen LogP contribution in [0.25, 0.3) is 6.08 Å². The summed E-state index contributed by atoms with van der Waals surface area (Å²) in [5.41, 5.74) is 0.650. The number of carbonyl (C=O) groups excluding carboxylic acids is 1. The van der Waals surface area contributed by atoms with Crippen LogP contribution in [0.3, 0.4) is 0 Å². The molecule has 138 valence electrons. The van der Waals surface area contributed by atoms with Crippen molar-refractivity contribution in [2.75, 3.05) is 21.3 Å². The number of ether oxygens (including phenoxy) is 4. The summed E-state index contributed by atoms with van der Waals surface area (Å²) in [6, 6.07) is 9.36. The molecule has 2 aromatic carbocycles. The summed E-state index contributed by atoms with van der Waals surface area (Å²) in [6.07, 6.45) is 2.65. The van der Waals surface area contributed by atoms with Gasteiger partial charge in [0.25, 0.3) is 0 Å². The first-order chi connectivity index (χ1) is 12.5. The number of hydrogen-bond donors (Lipinski definition) is 0. The summed E-state index contributed by atoms with van der Waals surface area (Å²) < 4.78 is 45.1. The van der Waals surface area contributed by atoms with E-state index in [9.17, 15) is 13.6 Å². The number of ketones is 1. The van der Waals surface area contributed by atoms with Gasteiger partial charge in [-0.1, -0.05) is 12.1 Å². The Morgan fingerprint density at radius 1 is 0.962 bits per heavy atom. The molecule has 0 spiro atoms. The molecule has 0 N–H and O–H groups in total. The molecular weight excluding hydrogens is 346 g/mol. The van der Waals surface area contributed by atoms with Gasteiger partial charge in [0.05, 0.1) is 21.3 Å². The van der Waals surface area contributed by atoms with E-state index < -0.39 is 6.61 Å². The highest BCUT2D eigenvalue weighted by molar-refractivity contribution is 6.07. The van der Waals surface area contributed by atoms with Crippen LogP contribution in [0, 0.1) is 0 Å². The zero-order valence-corrected chi connectivity index (χ0v) is 14.5. The molecule has 0 saturated heterocycles. The summed E-state index contributed by atoms with van der Waals surface area (Å²) in [4.78, 5) is 12.4. The van der Waals surface area contributed by atoms with Crippen molar-refractivity contribution in [2.45, 2.75) is 6.61 Å². The minimum absolute atomic E-state index is 0.138. The van der Waals surface area contributed by atoms with Gasteiger partial charge < -0.3 is 18.9 Å². The largest absolute Gasteiger partial charge is 0.493 e. The van der Waals surface area contributed by atoms with Crippen molar-refractivity contribution in [1.29, 1.82) is 0 Å². The Morgan fingerprint density at radius 3 is 2.27 bits per heavy atom. The van der Waals surface area contributed by atoms with Crippen LogP contribution in [0.2, 0.25) is 0 Å². The molecule has 5 nitrogen and oxygen atoms in total. The molecule has 0 unspecified atom stereocenters. The molecule has 0 saturated carbocycles. The normalized spacial score (nSPS) is 10.8. The smallest absolute Gasteiger partial charge is 0.387 e. The van der Waals surface area contributed by atoms with Crippen LogP contribution < -0.4 is 18.9 Å². The molecule has 0 atom stereocenters. The maximum atomic E-state index is 12.6. The third kappa shape index (κ3) is 4.50. The summed E-state index contributed by atoms with van der Waals surface area (Å²) in [6.45, 7) is -3.01. The van der Waals surface area contributed by atoms with Crippen LogP contribution in [0.1, 0.15) is 15.9 Å². The number of benzene rings is 2. The van der Waals surface area contributed by atoms with E-state index in [4.69, 9.17) is 14.2 Å². The Hall–Kier alpha value is -3.09. The number of methoxy groups -OCH3 is 3. The van der Waals surface area contributed by atoms with Gasteiger partial charge in [-0.3, -0.25) is 4.79 Å². The zero-order chi connectivity index (χ0) is 19.1. The lowest BCUT2D eigenvalue weighted by Gasteiger charge is -2.12. The molecule has 2 rings (SSSR count). The third-order valence-corrected chi connectivity index (χ3v) is 3.52. The van der Waals surface area contributed by atoms with E-state index in [-0.39, 0.29) is 17.3 Å². The predicted octanol–water partition coefficient (Wildman–Crippen LogP) is 4.21. The van der Waals surface area contributed by atoms with Crippen molar-refractivity contribution in [3.05, 3.63) is 53.6 Å². The molecule has 2 aromatic rings. The number of allylic oxidation sites excluding steroid dienone is 1. The standard InChI is InChI=1S/C19H18F2O5/c1-23-15-10-8-13(11-17(15)25-3)14(22)9-7-12-5-4-6-16(24-2)18(12)26-19(20)21/h4-11,19H,1-3H3/b9-7+. The van der Waals surface area contributed by atoms with Gasteiger partial charge in [0, 0.05) is 11.1 Å². The quantitative estimate of drug-likeness (QED) is 0.519. The molecule has 0 aliphatic heterocycles. The van der Waals surface area contributed by atoms with E-state index in [0.717, 1.165) is 0 Å². The Morgan fingerprint density at radius 2 is 1.65 bits per heavy atom. The number of halogens is 2. The fourth-order valence-corrected chi connectivity index (χ4v) is 2.29. The number of rotatable bonds is 8. The first-order valence-electron chi connectivity index (χ1n) is 7.56. The summed E-state index contributed by atoms with van der Waals surface area (Å²) in [5, 5.41) is 0. The highest BCUT2D eigenvalue weighted by atomic mass is 19.3. The number of hydrogen-bond acceptors (Lipinski definition) is 5. The van der Waals surface area contributed by atoms with E-state index in [2.05, 4.69) is 4.74 Å². The molecular formula is C19H18F2O5. The SMILES string of the molecule is COc1ccc(C(=O)/C=C/c2cccc(OC)c2OC(F)F)cc1OC. The van der Waals surface area contributed by atoms with Crippen molar-refractivity contribution in [3.63, 3.8) is 0 Å². The number of para-hydroxylation sites is 1. The summed E-state index contributed by atoms with van der Waals surface area (Å²) >= 11 is 0. The lowest BCUT2D eigenvalue weighted by Crippen LogP contribution is -2.05. The Balaban J connectivity index is 2.31. The first-order valence-corrected chi connectivity index (χ1v) is 7.56. The van der Waals surface area contributed by atoms with Gasteiger partial charge in [0.1, 0.15) is 0 Å². The second-order valence-electron chi connectivity index (χ2n) is 5.02. The van der Waals surface area contributed by atoms with Gasteiger partial charge in [-0.25, -0.2) is 0 Å². The fraction of sp³-hybridized carbons (Fsp3) is 0.211. The average molecular weight is 364 g/mol. The second-order valence-corrected chi connectivity index (χ2v) is 5.02. The summed E-state index contributed by atoms with van der Waals surface area (Å²) in [5.74, 6) is 0.576. The molecule has 0 aromatic heterocycles. The molecule has 0 fully saturated rings. The van der Waals surface area contributed by atoms with Gasteiger partial charge >= 0.3 is 6.61 Å². The maximum Gasteiger partial charge on any atom is 0.387 e. The van der Waals surface area contributed by atoms with E-state index in [1.807, 2.05) is 0 Å². The lowest BCUT2D eigenvalue weighted by atomic mass is 10.1. The molecule has 0 aliphatic rings. The van der Waals surface area contributed by atoms with Crippen LogP contribution in [-0.4, -0.2) is 33.7 Å². The number of alkyl halides is 2. The molecule has 0 aliphatic carbocycles. The minimum atomic E-state index is -3.01. The van der Waals surface area contributed by atoms with E-state index in [0.29, 0.717) is 22.6 Å². The molecule has 26 heavy (non-hydrogen) atoms. The van der Waals surface area contributed by atoms with Crippen LogP contribution >= 0.6 is 0 Å². The molecule has 0 heterocycles. The topological polar surface area (TPSA) is 54.0 Å². The molecule has 0 bridgehead atoms. The monoisotopic (exact) mass is 364 g/mol. The highest BCUT2D eigenvalue weighted by Gasteiger charge is 2.14. The highest BCUT2D eigenvalue weighted by Crippen LogP contribution is 2.33. The Kier molecular flexibility index (Phi) is 6.54. The van der Waals surface area contributed by atoms with Gasteiger partial charge in [-0.05, 0) is 36.4 Å². The van der Waals surface area contributed by atoms with Crippen molar-refractivity contribution in [3.8, 4) is 23.0 Å². The van der Waals surface area contributed by atoms with E-state index in [1.165, 1.54) is 45.6 Å². The van der Waals surface area contributed by atoms with E-state index in [1.54, 1.807) is 24.3 Å². The van der Waals surface area contributed by atoms with Crippen molar-refractivity contribution in [1.82, 2.24) is 0 Å². The van der Waals surface area contributed by atoms with Gasteiger partial charge in [0.15, 0.2) is 28.8 Å². The third-order valence-electron chi connectivity index (χ3n) is 3.52. The van der Waals surface area contributed by atoms with Crippen LogP contribution in [-0.2, 0) is 0 Å². The molecule has 7 heteroatoms. The lowest BCUT2D eigenvalue weighted by molar-refractivity contribution is -0.0513. The summed E-state index contributed by atoms with van der Waals surface area (Å²) in [7, 11) is 4.30. The van der Waals surface area contributed by atoms with Gasteiger partial charge in [-0.15, -0.1) is 0 Å². The van der Waals surface area contributed by atoms with Gasteiger partial charge in [0.2, 0.25) is 0 Å². The van der Waals surface area contributed by atoms with Crippen LogP contribution in [0.15, 0.2) is 42.5 Å². The maximum absolute atomic E-state index is 12.6. The van der Waals surface area contributed by atoms with Gasteiger partial charge in [-0.2, -0.15) is 8.78 Å². The van der Waals surface area contributed by atoms with Crippen LogP contribution in [0.5, 0.6) is 23.0 Å². The first kappa shape index (κ1) is 19.2. The van der Waals surface area contributed by atoms with Crippen molar-refractivity contribution < 1.29 is 32.5 Å². The van der Waals surface area contributed by atoms with Crippen molar-refractivity contribution in [2.24, 2.45) is 0 Å². The average Bonchev–Trinajstić information content (AvgIpc) is 2.65. The number of carbonyl (C=O) groups is 1. The van der Waals surface area contributed by atoms with Crippen molar-refractivity contribution >= 4 is 11.9 Å².